The lowest BCUT2D eigenvalue weighted by Gasteiger charge is -2.34. The minimum Gasteiger partial charge on any atom is -0.355 e. The van der Waals surface area contributed by atoms with Gasteiger partial charge in [0.15, 0.2) is 0 Å². The van der Waals surface area contributed by atoms with Crippen LogP contribution in [0.3, 0.4) is 0 Å². The first-order valence-electron chi connectivity index (χ1n) is 9.19. The number of amides is 2. The summed E-state index contributed by atoms with van der Waals surface area (Å²) in [5.74, 6) is 0.0988. The Morgan fingerprint density at radius 3 is 2.26 bits per heavy atom. The summed E-state index contributed by atoms with van der Waals surface area (Å²) in [6, 6.07) is 16.7. The van der Waals surface area contributed by atoms with Crippen LogP contribution in [0.25, 0.3) is 0 Å². The Bertz CT molecular complexity index is 757. The lowest BCUT2D eigenvalue weighted by Crippen LogP contribution is -2.50. The summed E-state index contributed by atoms with van der Waals surface area (Å²) in [5, 5.41) is 3.63. The van der Waals surface area contributed by atoms with E-state index in [1.165, 1.54) is 0 Å². The van der Waals surface area contributed by atoms with E-state index in [4.69, 9.17) is 11.6 Å². The number of carbonyl (C=O) groups excluding carboxylic acids is 2. The number of hydrogen-bond acceptors (Lipinski definition) is 3. The molecule has 1 N–H and O–H groups in total. The van der Waals surface area contributed by atoms with Gasteiger partial charge in [-0.1, -0.05) is 41.9 Å². The summed E-state index contributed by atoms with van der Waals surface area (Å²) in [4.78, 5) is 28.6. The molecule has 6 heteroatoms. The Morgan fingerprint density at radius 2 is 1.59 bits per heavy atom. The zero-order valence-corrected chi connectivity index (χ0v) is 16.0. The van der Waals surface area contributed by atoms with Gasteiger partial charge in [0.25, 0.3) is 5.91 Å². The minimum atomic E-state index is 0.00946. The van der Waals surface area contributed by atoms with Gasteiger partial charge in [-0.25, -0.2) is 0 Å². The molecular formula is C21H24ClN3O2. The average Bonchev–Trinajstić information content (AvgIpc) is 2.70. The van der Waals surface area contributed by atoms with Crippen molar-refractivity contribution in [2.45, 2.75) is 6.42 Å². The third kappa shape index (κ3) is 5.81. The number of halogens is 1. The van der Waals surface area contributed by atoms with E-state index in [2.05, 4.69) is 10.2 Å². The van der Waals surface area contributed by atoms with Gasteiger partial charge in [-0.3, -0.25) is 14.5 Å². The Balaban J connectivity index is 1.35. The fourth-order valence-electron chi connectivity index (χ4n) is 3.14. The van der Waals surface area contributed by atoms with E-state index >= 15 is 0 Å². The van der Waals surface area contributed by atoms with Crippen molar-refractivity contribution in [1.82, 2.24) is 15.1 Å². The van der Waals surface area contributed by atoms with Crippen LogP contribution >= 0.6 is 11.6 Å². The maximum Gasteiger partial charge on any atom is 0.253 e. The Morgan fingerprint density at radius 1 is 0.926 bits per heavy atom. The van der Waals surface area contributed by atoms with Gasteiger partial charge in [-0.05, 0) is 29.8 Å². The van der Waals surface area contributed by atoms with Crippen LogP contribution in [-0.4, -0.2) is 60.9 Å². The highest BCUT2D eigenvalue weighted by Gasteiger charge is 2.21. The molecule has 0 atom stereocenters. The van der Waals surface area contributed by atoms with E-state index in [0.717, 1.165) is 30.8 Å². The number of benzene rings is 2. The molecule has 0 spiro atoms. The standard InChI is InChI=1S/C21H24ClN3O2/c22-19-8-6-17(7-9-19)16-20(26)23-10-11-24-12-14-25(15-13-24)21(27)18-4-2-1-3-5-18/h1-9H,10-16H2,(H,23,26). The molecule has 27 heavy (non-hydrogen) atoms. The molecule has 1 aliphatic rings. The monoisotopic (exact) mass is 385 g/mol. The third-order valence-corrected chi connectivity index (χ3v) is 4.96. The first-order chi connectivity index (χ1) is 13.1. The maximum atomic E-state index is 12.4. The smallest absolute Gasteiger partial charge is 0.253 e. The van der Waals surface area contributed by atoms with Crippen LogP contribution < -0.4 is 5.32 Å². The number of hydrogen-bond donors (Lipinski definition) is 1. The topological polar surface area (TPSA) is 52.7 Å². The van der Waals surface area contributed by atoms with Gasteiger partial charge >= 0.3 is 0 Å². The van der Waals surface area contributed by atoms with E-state index in [1.807, 2.05) is 47.4 Å². The van der Waals surface area contributed by atoms with Crippen LogP contribution in [0.4, 0.5) is 0 Å². The molecule has 1 aliphatic heterocycles. The number of carbonyl (C=O) groups is 2. The van der Waals surface area contributed by atoms with E-state index in [1.54, 1.807) is 12.1 Å². The lowest BCUT2D eigenvalue weighted by molar-refractivity contribution is -0.120. The second-order valence-electron chi connectivity index (χ2n) is 6.65. The van der Waals surface area contributed by atoms with Crippen LogP contribution in [-0.2, 0) is 11.2 Å². The largest absolute Gasteiger partial charge is 0.355 e. The summed E-state index contributed by atoms with van der Waals surface area (Å²) < 4.78 is 0. The van der Waals surface area contributed by atoms with Crippen LogP contribution in [0.2, 0.25) is 5.02 Å². The number of nitrogens with one attached hydrogen (secondary N) is 1. The van der Waals surface area contributed by atoms with Crippen molar-refractivity contribution in [3.8, 4) is 0 Å². The zero-order chi connectivity index (χ0) is 19.1. The van der Waals surface area contributed by atoms with E-state index in [9.17, 15) is 9.59 Å². The third-order valence-electron chi connectivity index (χ3n) is 4.71. The molecule has 1 heterocycles. The molecule has 1 fully saturated rings. The van der Waals surface area contributed by atoms with Crippen LogP contribution in [0.5, 0.6) is 0 Å². The van der Waals surface area contributed by atoms with Gasteiger partial charge in [0.1, 0.15) is 0 Å². The predicted octanol–water partition coefficient (Wildman–Crippen LogP) is 2.46. The minimum absolute atomic E-state index is 0.00946. The summed E-state index contributed by atoms with van der Waals surface area (Å²) in [6.45, 7) is 4.48. The molecular weight excluding hydrogens is 362 g/mol. The predicted molar refractivity (Wildman–Crippen MR) is 107 cm³/mol. The molecule has 5 nitrogen and oxygen atoms in total. The van der Waals surface area contributed by atoms with E-state index in [-0.39, 0.29) is 11.8 Å². The van der Waals surface area contributed by atoms with Crippen molar-refractivity contribution >= 4 is 23.4 Å². The summed E-state index contributed by atoms with van der Waals surface area (Å²) in [7, 11) is 0. The molecule has 2 aromatic rings. The van der Waals surface area contributed by atoms with Crippen molar-refractivity contribution in [3.63, 3.8) is 0 Å². The molecule has 1 saturated heterocycles. The Labute approximate surface area is 164 Å². The quantitative estimate of drug-likeness (QED) is 0.831. The van der Waals surface area contributed by atoms with Crippen molar-refractivity contribution < 1.29 is 9.59 Å². The molecule has 142 valence electrons. The Hall–Kier alpha value is -2.37. The number of rotatable bonds is 6. The molecule has 0 aliphatic carbocycles. The highest BCUT2D eigenvalue weighted by molar-refractivity contribution is 6.30. The molecule has 2 amide bonds. The molecule has 2 aromatic carbocycles. The van der Waals surface area contributed by atoms with Gasteiger partial charge in [0, 0.05) is 49.9 Å². The molecule has 0 saturated carbocycles. The van der Waals surface area contributed by atoms with Gasteiger partial charge in [0.2, 0.25) is 5.91 Å². The van der Waals surface area contributed by atoms with Gasteiger partial charge in [-0.2, -0.15) is 0 Å². The molecule has 3 rings (SSSR count). The summed E-state index contributed by atoms with van der Waals surface area (Å²) >= 11 is 5.85. The second kappa shape index (κ2) is 9.53. The number of nitrogens with zero attached hydrogens (tertiary/aromatic N) is 2. The number of piperazine rings is 1. The summed E-state index contributed by atoms with van der Waals surface area (Å²) in [6.07, 6.45) is 0.358. The molecule has 0 aromatic heterocycles. The average molecular weight is 386 g/mol. The van der Waals surface area contributed by atoms with Crippen molar-refractivity contribution in [1.29, 1.82) is 0 Å². The normalized spacial score (nSPS) is 14.8. The van der Waals surface area contributed by atoms with E-state index < -0.39 is 0 Å². The maximum absolute atomic E-state index is 12.4. The SMILES string of the molecule is O=C(Cc1ccc(Cl)cc1)NCCN1CCN(C(=O)c2ccccc2)CC1. The van der Waals surface area contributed by atoms with Gasteiger partial charge < -0.3 is 10.2 Å². The van der Waals surface area contributed by atoms with Crippen LogP contribution in [0.1, 0.15) is 15.9 Å². The second-order valence-corrected chi connectivity index (χ2v) is 7.09. The van der Waals surface area contributed by atoms with Gasteiger partial charge in [-0.15, -0.1) is 0 Å². The van der Waals surface area contributed by atoms with Crippen molar-refractivity contribution in [2.24, 2.45) is 0 Å². The first kappa shape index (κ1) is 19.4. The van der Waals surface area contributed by atoms with Crippen LogP contribution in [0.15, 0.2) is 54.6 Å². The fourth-order valence-corrected chi connectivity index (χ4v) is 3.27. The zero-order valence-electron chi connectivity index (χ0n) is 15.2. The molecule has 0 radical (unpaired) electrons. The van der Waals surface area contributed by atoms with Crippen LogP contribution in [0, 0.1) is 0 Å². The Kier molecular flexibility index (Phi) is 6.85. The highest BCUT2D eigenvalue weighted by Crippen LogP contribution is 2.10. The summed E-state index contributed by atoms with van der Waals surface area (Å²) in [5.41, 5.74) is 1.69. The first-order valence-corrected chi connectivity index (χ1v) is 9.57. The van der Waals surface area contributed by atoms with Gasteiger partial charge in [0.05, 0.1) is 6.42 Å². The fraction of sp³-hybridized carbons (Fsp3) is 0.333. The molecule has 0 bridgehead atoms. The lowest BCUT2D eigenvalue weighted by atomic mass is 10.1. The highest BCUT2D eigenvalue weighted by atomic mass is 35.5. The molecule has 0 unspecified atom stereocenters. The van der Waals surface area contributed by atoms with Crippen molar-refractivity contribution in [2.75, 3.05) is 39.3 Å². The van der Waals surface area contributed by atoms with Crippen molar-refractivity contribution in [3.05, 3.63) is 70.7 Å². The van der Waals surface area contributed by atoms with E-state index in [0.29, 0.717) is 31.1 Å².